The van der Waals surface area contributed by atoms with Crippen LogP contribution in [0.4, 0.5) is 0 Å². The Hall–Kier alpha value is -3.30. The molecule has 1 aromatic carbocycles. The van der Waals surface area contributed by atoms with Crippen molar-refractivity contribution >= 4 is 17.2 Å². The number of rotatable bonds is 5. The number of piperazine rings is 1. The molecule has 0 saturated carbocycles. The van der Waals surface area contributed by atoms with Gasteiger partial charge < -0.3 is 9.42 Å². The minimum absolute atomic E-state index is 0.0322. The molecule has 0 unspecified atom stereocenters. The van der Waals surface area contributed by atoms with Crippen molar-refractivity contribution in [1.29, 1.82) is 0 Å². The number of hydrogen-bond acceptors (Lipinski definition) is 7. The lowest BCUT2D eigenvalue weighted by molar-refractivity contribution is 0.0609. The number of aryl methyl sites for hydroxylation is 1. The predicted octanol–water partition coefficient (Wildman–Crippen LogP) is 3.25. The number of para-hydroxylation sites is 1. The Labute approximate surface area is 183 Å². The Morgan fingerprint density at radius 1 is 1.10 bits per heavy atom. The van der Waals surface area contributed by atoms with Crippen molar-refractivity contribution in [3.63, 3.8) is 0 Å². The second-order valence-corrected chi connectivity index (χ2v) is 8.42. The monoisotopic (exact) mass is 434 g/mol. The molecule has 0 bridgehead atoms. The molecule has 0 spiro atoms. The van der Waals surface area contributed by atoms with E-state index in [1.165, 1.54) is 0 Å². The molecule has 0 aliphatic carbocycles. The number of carbonyl (C=O) groups excluding carboxylic acids is 1. The van der Waals surface area contributed by atoms with Crippen LogP contribution in [0.2, 0.25) is 0 Å². The van der Waals surface area contributed by atoms with Crippen LogP contribution < -0.4 is 0 Å². The summed E-state index contributed by atoms with van der Waals surface area (Å²) in [5.74, 6) is 1.19. The summed E-state index contributed by atoms with van der Waals surface area (Å²) in [6.45, 7) is 5.33. The first-order valence-electron chi connectivity index (χ1n) is 10.2. The third kappa shape index (κ3) is 4.14. The molecule has 158 valence electrons. The average molecular weight is 435 g/mol. The zero-order valence-electron chi connectivity index (χ0n) is 17.1. The molecule has 4 aromatic rings. The molecule has 5 rings (SSSR count). The van der Waals surface area contributed by atoms with E-state index in [-0.39, 0.29) is 5.91 Å². The zero-order chi connectivity index (χ0) is 21.2. The maximum atomic E-state index is 13.0. The Balaban J connectivity index is 1.19. The zero-order valence-corrected chi connectivity index (χ0v) is 18.0. The summed E-state index contributed by atoms with van der Waals surface area (Å²) in [4.78, 5) is 22.6. The van der Waals surface area contributed by atoms with Crippen molar-refractivity contribution in [1.82, 2.24) is 29.7 Å². The third-order valence-electron chi connectivity index (χ3n) is 5.34. The Bertz CT molecular complexity index is 1160. The lowest BCUT2D eigenvalue weighted by Gasteiger charge is -2.33. The highest BCUT2D eigenvalue weighted by Gasteiger charge is 2.25. The number of carbonyl (C=O) groups is 1. The molecule has 0 atom stereocenters. The standard InChI is InChI=1S/C22H22N6O2S/c1-16-14-18(24-28(16)17-6-3-2-4-7-17)22(29)27-11-9-26(10-12-27)15-20-23-21(25-30-20)19-8-5-13-31-19/h2-8,13-14H,9-12,15H2,1H3. The summed E-state index contributed by atoms with van der Waals surface area (Å²) >= 11 is 1.59. The molecule has 8 nitrogen and oxygen atoms in total. The molecule has 0 N–H and O–H groups in total. The molecule has 1 fully saturated rings. The molecule has 31 heavy (non-hydrogen) atoms. The molecule has 4 heterocycles. The summed E-state index contributed by atoms with van der Waals surface area (Å²) in [5, 5.41) is 10.6. The van der Waals surface area contributed by atoms with Crippen LogP contribution in [0.25, 0.3) is 16.4 Å². The molecule has 1 amide bonds. The first kappa shape index (κ1) is 19.7. The minimum Gasteiger partial charge on any atom is -0.338 e. The van der Waals surface area contributed by atoms with Crippen LogP contribution in [0.15, 0.2) is 58.4 Å². The number of nitrogens with zero attached hydrogens (tertiary/aromatic N) is 6. The van der Waals surface area contributed by atoms with E-state index in [0.717, 1.165) is 29.3 Å². The van der Waals surface area contributed by atoms with Crippen molar-refractivity contribution in [3.8, 4) is 16.4 Å². The van der Waals surface area contributed by atoms with E-state index in [4.69, 9.17) is 4.52 Å². The van der Waals surface area contributed by atoms with E-state index in [9.17, 15) is 4.79 Å². The second kappa shape index (κ2) is 8.44. The lowest BCUT2D eigenvalue weighted by Crippen LogP contribution is -2.48. The summed E-state index contributed by atoms with van der Waals surface area (Å²) in [6.07, 6.45) is 0. The molecule has 3 aromatic heterocycles. The van der Waals surface area contributed by atoms with Gasteiger partial charge in [0.25, 0.3) is 5.91 Å². The first-order chi connectivity index (χ1) is 15.2. The third-order valence-corrected chi connectivity index (χ3v) is 6.20. The fourth-order valence-electron chi connectivity index (χ4n) is 3.70. The van der Waals surface area contributed by atoms with Crippen LogP contribution in [0, 0.1) is 6.92 Å². The largest absolute Gasteiger partial charge is 0.338 e. The van der Waals surface area contributed by atoms with E-state index in [1.54, 1.807) is 11.3 Å². The smallest absolute Gasteiger partial charge is 0.274 e. The van der Waals surface area contributed by atoms with Gasteiger partial charge in [0.05, 0.1) is 17.1 Å². The molecule has 1 saturated heterocycles. The van der Waals surface area contributed by atoms with Gasteiger partial charge in [0.15, 0.2) is 5.69 Å². The summed E-state index contributed by atoms with van der Waals surface area (Å²) in [7, 11) is 0. The number of thiophene rings is 1. The van der Waals surface area contributed by atoms with Crippen LogP contribution in [-0.2, 0) is 6.54 Å². The summed E-state index contributed by atoms with van der Waals surface area (Å²) < 4.78 is 7.21. The minimum atomic E-state index is -0.0322. The van der Waals surface area contributed by atoms with Crippen LogP contribution in [0.1, 0.15) is 22.1 Å². The molecule has 0 radical (unpaired) electrons. The van der Waals surface area contributed by atoms with Gasteiger partial charge in [0.2, 0.25) is 11.7 Å². The average Bonchev–Trinajstić information content (AvgIpc) is 3.55. The van der Waals surface area contributed by atoms with Crippen molar-refractivity contribution in [2.45, 2.75) is 13.5 Å². The van der Waals surface area contributed by atoms with E-state index in [1.807, 2.05) is 70.4 Å². The van der Waals surface area contributed by atoms with Crippen LogP contribution >= 0.6 is 11.3 Å². The number of aromatic nitrogens is 4. The highest BCUT2D eigenvalue weighted by Crippen LogP contribution is 2.22. The Morgan fingerprint density at radius 2 is 1.90 bits per heavy atom. The van der Waals surface area contributed by atoms with Crippen molar-refractivity contribution in [2.24, 2.45) is 0 Å². The quantitative estimate of drug-likeness (QED) is 0.480. The SMILES string of the molecule is Cc1cc(C(=O)N2CCN(Cc3nc(-c4cccs4)no3)CC2)nn1-c1ccccc1. The second-order valence-electron chi connectivity index (χ2n) is 7.48. The topological polar surface area (TPSA) is 80.3 Å². The number of amides is 1. The van der Waals surface area contributed by atoms with Gasteiger partial charge in [-0.1, -0.05) is 29.4 Å². The van der Waals surface area contributed by atoms with Gasteiger partial charge in [0, 0.05) is 31.9 Å². The van der Waals surface area contributed by atoms with Crippen molar-refractivity contribution in [3.05, 3.63) is 71.2 Å². The number of hydrogen-bond donors (Lipinski definition) is 0. The molecule has 9 heteroatoms. The van der Waals surface area contributed by atoms with Crippen LogP contribution in [0.3, 0.4) is 0 Å². The molecular formula is C22H22N6O2S. The summed E-state index contributed by atoms with van der Waals surface area (Å²) in [5.41, 5.74) is 2.36. The van der Waals surface area contributed by atoms with Gasteiger partial charge >= 0.3 is 0 Å². The number of benzene rings is 1. The normalized spacial score (nSPS) is 14.8. The van der Waals surface area contributed by atoms with Gasteiger partial charge in [0.1, 0.15) is 0 Å². The van der Waals surface area contributed by atoms with Gasteiger partial charge in [-0.3, -0.25) is 9.69 Å². The predicted molar refractivity (Wildman–Crippen MR) is 117 cm³/mol. The summed E-state index contributed by atoms with van der Waals surface area (Å²) in [6, 6.07) is 15.6. The van der Waals surface area contributed by atoms with E-state index >= 15 is 0 Å². The van der Waals surface area contributed by atoms with E-state index < -0.39 is 0 Å². The Kier molecular flexibility index (Phi) is 5.35. The van der Waals surface area contributed by atoms with Gasteiger partial charge in [-0.05, 0) is 36.6 Å². The van der Waals surface area contributed by atoms with Crippen LogP contribution in [-0.4, -0.2) is 61.8 Å². The molecule has 1 aliphatic heterocycles. The molecule has 1 aliphatic rings. The van der Waals surface area contributed by atoms with Crippen molar-refractivity contribution < 1.29 is 9.32 Å². The van der Waals surface area contributed by atoms with Gasteiger partial charge in [-0.25, -0.2) is 4.68 Å². The van der Waals surface area contributed by atoms with Crippen molar-refractivity contribution in [2.75, 3.05) is 26.2 Å². The van der Waals surface area contributed by atoms with Gasteiger partial charge in [-0.2, -0.15) is 10.1 Å². The maximum Gasteiger partial charge on any atom is 0.274 e. The first-order valence-corrected chi connectivity index (χ1v) is 11.1. The van der Waals surface area contributed by atoms with Gasteiger partial charge in [-0.15, -0.1) is 11.3 Å². The lowest BCUT2D eigenvalue weighted by atomic mass is 10.2. The highest BCUT2D eigenvalue weighted by molar-refractivity contribution is 7.13. The van der Waals surface area contributed by atoms with E-state index in [0.29, 0.717) is 37.0 Å². The Morgan fingerprint density at radius 3 is 2.65 bits per heavy atom. The maximum absolute atomic E-state index is 13.0. The fourth-order valence-corrected chi connectivity index (χ4v) is 4.35. The fraction of sp³-hybridized carbons (Fsp3) is 0.273. The highest BCUT2D eigenvalue weighted by atomic mass is 32.1. The van der Waals surface area contributed by atoms with Crippen LogP contribution in [0.5, 0.6) is 0 Å². The van der Waals surface area contributed by atoms with E-state index in [2.05, 4.69) is 20.1 Å². The molecular weight excluding hydrogens is 412 g/mol.